The molecule has 0 radical (unpaired) electrons. The molecule has 0 aliphatic carbocycles. The predicted octanol–water partition coefficient (Wildman–Crippen LogP) is 3.81. The second-order valence-corrected chi connectivity index (χ2v) is 6.41. The van der Waals surface area contributed by atoms with Crippen LogP contribution in [0, 0.1) is 0 Å². The van der Waals surface area contributed by atoms with Gasteiger partial charge in [0.1, 0.15) is 11.5 Å². The highest BCUT2D eigenvalue weighted by Crippen LogP contribution is 2.27. The second kappa shape index (κ2) is 6.79. The van der Waals surface area contributed by atoms with Crippen LogP contribution in [0.15, 0.2) is 40.8 Å². The lowest BCUT2D eigenvalue weighted by atomic mass is 9.86. The van der Waals surface area contributed by atoms with Crippen LogP contribution in [-0.4, -0.2) is 17.6 Å². The van der Waals surface area contributed by atoms with E-state index in [4.69, 9.17) is 9.52 Å². The highest BCUT2D eigenvalue weighted by Gasteiger charge is 2.13. The van der Waals surface area contributed by atoms with Gasteiger partial charge in [-0.1, -0.05) is 45.0 Å². The van der Waals surface area contributed by atoms with E-state index in [9.17, 15) is 4.79 Å². The monoisotopic (exact) mass is 301 g/mol. The number of rotatable bonds is 6. The highest BCUT2D eigenvalue weighted by atomic mass is 16.4. The van der Waals surface area contributed by atoms with Crippen LogP contribution in [0.1, 0.15) is 38.5 Å². The smallest absolute Gasteiger partial charge is 0.304 e. The Morgan fingerprint density at radius 3 is 2.41 bits per heavy atom. The molecule has 0 bridgehead atoms. The molecule has 0 aliphatic heterocycles. The predicted molar refractivity (Wildman–Crippen MR) is 86.8 cm³/mol. The van der Waals surface area contributed by atoms with E-state index in [2.05, 4.69) is 50.4 Å². The van der Waals surface area contributed by atoms with Gasteiger partial charge in [0.25, 0.3) is 0 Å². The Morgan fingerprint density at radius 1 is 1.14 bits per heavy atom. The molecular formula is C18H23NO3. The summed E-state index contributed by atoms with van der Waals surface area (Å²) in [6, 6.07) is 12.3. The molecule has 0 saturated carbocycles. The number of hydrogen-bond donors (Lipinski definition) is 2. The molecular weight excluding hydrogens is 278 g/mol. The summed E-state index contributed by atoms with van der Waals surface area (Å²) in [5, 5.41) is 11.6. The van der Waals surface area contributed by atoms with Gasteiger partial charge in [0.2, 0.25) is 0 Å². The molecule has 4 nitrogen and oxygen atoms in total. The van der Waals surface area contributed by atoms with Crippen LogP contribution in [0.5, 0.6) is 0 Å². The summed E-state index contributed by atoms with van der Waals surface area (Å²) < 4.78 is 5.79. The Bertz CT molecular complexity index is 621. The van der Waals surface area contributed by atoms with Crippen LogP contribution in [-0.2, 0) is 16.8 Å². The molecule has 0 aliphatic rings. The average molecular weight is 301 g/mol. The number of hydrogen-bond acceptors (Lipinski definition) is 3. The Balaban J connectivity index is 1.97. The fraction of sp³-hybridized carbons (Fsp3) is 0.389. The molecule has 2 N–H and O–H groups in total. The zero-order valence-corrected chi connectivity index (χ0v) is 13.3. The van der Waals surface area contributed by atoms with Crippen molar-refractivity contribution in [2.24, 2.45) is 0 Å². The van der Waals surface area contributed by atoms with Gasteiger partial charge >= 0.3 is 5.97 Å². The first-order chi connectivity index (χ1) is 10.4. The number of carboxylic acids is 1. The molecule has 22 heavy (non-hydrogen) atoms. The fourth-order valence-corrected chi connectivity index (χ4v) is 2.17. The number of benzene rings is 1. The summed E-state index contributed by atoms with van der Waals surface area (Å²) >= 11 is 0. The van der Waals surface area contributed by atoms with Crippen molar-refractivity contribution in [3.8, 4) is 11.3 Å². The van der Waals surface area contributed by atoms with Crippen molar-refractivity contribution in [2.75, 3.05) is 6.54 Å². The minimum atomic E-state index is -0.799. The van der Waals surface area contributed by atoms with Crippen molar-refractivity contribution >= 4 is 5.97 Å². The molecule has 118 valence electrons. The van der Waals surface area contributed by atoms with Crippen molar-refractivity contribution in [1.29, 1.82) is 0 Å². The van der Waals surface area contributed by atoms with Gasteiger partial charge in [-0.25, -0.2) is 0 Å². The normalized spacial score (nSPS) is 11.6. The number of aliphatic carboxylic acids is 1. The van der Waals surface area contributed by atoms with Crippen LogP contribution < -0.4 is 5.32 Å². The fourth-order valence-electron chi connectivity index (χ4n) is 2.17. The summed E-state index contributed by atoms with van der Waals surface area (Å²) in [6.45, 7) is 7.54. The van der Waals surface area contributed by atoms with E-state index in [0.717, 1.165) is 17.1 Å². The highest BCUT2D eigenvalue weighted by molar-refractivity contribution is 5.66. The molecule has 0 spiro atoms. The minimum Gasteiger partial charge on any atom is -0.481 e. The Labute approximate surface area is 131 Å². The van der Waals surface area contributed by atoms with Gasteiger partial charge in [-0.2, -0.15) is 0 Å². The first kappa shape index (κ1) is 16.3. The average Bonchev–Trinajstić information content (AvgIpc) is 2.91. The standard InChI is InChI=1S/C18H23NO3/c1-18(2,3)14-6-4-13(5-7-14)16-9-8-15(22-16)12-19-11-10-17(20)21/h4-9,19H,10-12H2,1-3H3,(H,20,21). The molecule has 0 fully saturated rings. The molecule has 1 heterocycles. The molecule has 0 unspecified atom stereocenters. The Hall–Kier alpha value is -2.07. The second-order valence-electron chi connectivity index (χ2n) is 6.41. The van der Waals surface area contributed by atoms with Crippen LogP contribution in [0.4, 0.5) is 0 Å². The largest absolute Gasteiger partial charge is 0.481 e. The maximum atomic E-state index is 10.4. The van der Waals surface area contributed by atoms with Crippen LogP contribution in [0.2, 0.25) is 0 Å². The lowest BCUT2D eigenvalue weighted by Crippen LogP contribution is -2.17. The molecule has 1 aromatic carbocycles. The van der Waals surface area contributed by atoms with Crippen molar-refractivity contribution < 1.29 is 14.3 Å². The van der Waals surface area contributed by atoms with E-state index in [1.54, 1.807) is 0 Å². The summed E-state index contributed by atoms with van der Waals surface area (Å²) in [5.74, 6) is 0.836. The number of furan rings is 1. The van der Waals surface area contributed by atoms with Gasteiger partial charge in [0.15, 0.2) is 0 Å². The molecule has 2 rings (SSSR count). The SMILES string of the molecule is CC(C)(C)c1ccc(-c2ccc(CNCCC(=O)O)o2)cc1. The molecule has 1 aromatic heterocycles. The quantitative estimate of drug-likeness (QED) is 0.796. The van der Waals surface area contributed by atoms with E-state index in [1.807, 2.05) is 12.1 Å². The van der Waals surface area contributed by atoms with Crippen molar-refractivity contribution in [1.82, 2.24) is 5.32 Å². The zero-order chi connectivity index (χ0) is 16.2. The summed E-state index contributed by atoms with van der Waals surface area (Å²) in [6.07, 6.45) is 0.113. The number of carbonyl (C=O) groups is 1. The van der Waals surface area contributed by atoms with E-state index >= 15 is 0 Å². The van der Waals surface area contributed by atoms with Crippen molar-refractivity contribution in [2.45, 2.75) is 39.2 Å². The topological polar surface area (TPSA) is 62.5 Å². The van der Waals surface area contributed by atoms with Crippen LogP contribution >= 0.6 is 0 Å². The van der Waals surface area contributed by atoms with Crippen LogP contribution in [0.25, 0.3) is 11.3 Å². The lowest BCUT2D eigenvalue weighted by molar-refractivity contribution is -0.136. The van der Waals surface area contributed by atoms with E-state index in [-0.39, 0.29) is 11.8 Å². The maximum absolute atomic E-state index is 10.4. The van der Waals surface area contributed by atoms with Gasteiger partial charge in [-0.15, -0.1) is 0 Å². The molecule has 0 atom stereocenters. The minimum absolute atomic E-state index is 0.113. The van der Waals surface area contributed by atoms with Gasteiger partial charge in [0, 0.05) is 12.1 Å². The van der Waals surface area contributed by atoms with E-state index in [0.29, 0.717) is 13.1 Å². The molecule has 4 heteroatoms. The third-order valence-corrected chi connectivity index (χ3v) is 3.51. The first-order valence-electron chi connectivity index (χ1n) is 7.48. The Morgan fingerprint density at radius 2 is 1.82 bits per heavy atom. The number of nitrogens with one attached hydrogen (secondary N) is 1. The van der Waals surface area contributed by atoms with Crippen LogP contribution in [0.3, 0.4) is 0 Å². The van der Waals surface area contributed by atoms with Gasteiger partial charge in [-0.3, -0.25) is 4.79 Å². The van der Waals surface area contributed by atoms with Gasteiger partial charge in [-0.05, 0) is 23.1 Å². The number of carboxylic acid groups (broad SMARTS) is 1. The summed E-state index contributed by atoms with van der Waals surface area (Å²) in [7, 11) is 0. The first-order valence-corrected chi connectivity index (χ1v) is 7.48. The molecule has 2 aromatic rings. The van der Waals surface area contributed by atoms with Crippen molar-refractivity contribution in [3.63, 3.8) is 0 Å². The van der Waals surface area contributed by atoms with Crippen molar-refractivity contribution in [3.05, 3.63) is 47.7 Å². The molecule has 0 amide bonds. The maximum Gasteiger partial charge on any atom is 0.304 e. The van der Waals surface area contributed by atoms with E-state index in [1.165, 1.54) is 5.56 Å². The lowest BCUT2D eigenvalue weighted by Gasteiger charge is -2.18. The third kappa shape index (κ3) is 4.46. The summed E-state index contributed by atoms with van der Waals surface area (Å²) in [4.78, 5) is 10.4. The Kier molecular flexibility index (Phi) is 5.03. The molecule has 0 saturated heterocycles. The third-order valence-electron chi connectivity index (χ3n) is 3.51. The van der Waals surface area contributed by atoms with Gasteiger partial charge < -0.3 is 14.8 Å². The van der Waals surface area contributed by atoms with Gasteiger partial charge in [0.05, 0.1) is 13.0 Å². The van der Waals surface area contributed by atoms with E-state index < -0.39 is 5.97 Å². The summed E-state index contributed by atoms with van der Waals surface area (Å²) in [5.41, 5.74) is 2.48. The zero-order valence-electron chi connectivity index (χ0n) is 13.3.